The van der Waals surface area contributed by atoms with Crippen molar-refractivity contribution in [2.45, 2.75) is 33.0 Å². The van der Waals surface area contributed by atoms with Crippen LogP contribution in [0.15, 0.2) is 54.6 Å². The molecule has 1 saturated heterocycles. The summed E-state index contributed by atoms with van der Waals surface area (Å²) in [5.74, 6) is -0.0168. The number of nitriles is 1. The Bertz CT molecular complexity index is 1480. The van der Waals surface area contributed by atoms with Crippen LogP contribution in [0.1, 0.15) is 35.3 Å². The number of pyridine rings is 1. The molecule has 1 amide bonds. The van der Waals surface area contributed by atoms with E-state index in [0.717, 1.165) is 21.5 Å². The van der Waals surface area contributed by atoms with E-state index < -0.39 is 0 Å². The molecule has 1 aliphatic rings. The first-order valence-electron chi connectivity index (χ1n) is 11.9. The molecule has 2 aromatic carbocycles. The number of hydrogen-bond acceptors (Lipinski definition) is 7. The Kier molecular flexibility index (Phi) is 6.35. The summed E-state index contributed by atoms with van der Waals surface area (Å²) in [6.07, 6.45) is -0.142. The third kappa shape index (κ3) is 4.28. The minimum atomic E-state index is -0.130. The number of aromatic nitrogens is 1. The summed E-state index contributed by atoms with van der Waals surface area (Å²) in [6, 6.07) is 19.8. The molecule has 3 N–H and O–H groups in total. The van der Waals surface area contributed by atoms with Crippen molar-refractivity contribution in [3.05, 3.63) is 71.3 Å². The number of carbonyl (C=O) groups is 1. The van der Waals surface area contributed by atoms with Crippen molar-refractivity contribution in [3.8, 4) is 17.2 Å². The number of morpholine rings is 1. The number of rotatable bonds is 4. The van der Waals surface area contributed by atoms with E-state index in [0.29, 0.717) is 40.3 Å². The molecule has 0 spiro atoms. The molecule has 3 heterocycles. The summed E-state index contributed by atoms with van der Waals surface area (Å²) >= 11 is 1.42. The van der Waals surface area contributed by atoms with E-state index >= 15 is 0 Å². The zero-order valence-electron chi connectivity index (χ0n) is 20.4. The maximum Gasteiger partial charge on any atom is 0.259 e. The fourth-order valence-corrected chi connectivity index (χ4v) is 5.95. The van der Waals surface area contributed by atoms with E-state index in [9.17, 15) is 10.1 Å². The number of nitrogens with one attached hydrogen (secondary N) is 1. The molecule has 1 aliphatic heterocycles. The topological polar surface area (TPSA) is 104 Å². The van der Waals surface area contributed by atoms with E-state index in [1.54, 1.807) is 0 Å². The minimum absolute atomic E-state index is 0.0709. The number of nitrogen functional groups attached to an aromatic ring is 1. The highest BCUT2D eigenvalue weighted by Crippen LogP contribution is 2.45. The quantitative estimate of drug-likeness (QED) is 0.374. The van der Waals surface area contributed by atoms with Gasteiger partial charge < -0.3 is 20.7 Å². The first-order valence-corrected chi connectivity index (χ1v) is 12.7. The van der Waals surface area contributed by atoms with Crippen LogP contribution in [0, 0.1) is 18.3 Å². The molecule has 0 aliphatic carbocycles. The highest BCUT2D eigenvalue weighted by molar-refractivity contribution is 7.24. The second-order valence-electron chi connectivity index (χ2n) is 9.12. The first kappa shape index (κ1) is 23.8. The molecule has 36 heavy (non-hydrogen) atoms. The Balaban J connectivity index is 1.76. The number of fused-ring (bicyclic) bond motifs is 1. The van der Waals surface area contributed by atoms with Crippen LogP contribution in [-0.2, 0) is 4.74 Å². The Morgan fingerprint density at radius 1 is 1.14 bits per heavy atom. The molecule has 4 aromatic rings. The second kappa shape index (κ2) is 9.61. The fourth-order valence-electron chi connectivity index (χ4n) is 4.73. The minimum Gasteiger partial charge on any atom is -0.383 e. The van der Waals surface area contributed by atoms with Gasteiger partial charge in [-0.2, -0.15) is 5.26 Å². The average Bonchev–Trinajstić information content (AvgIpc) is 3.21. The van der Waals surface area contributed by atoms with Gasteiger partial charge in [0.25, 0.3) is 5.91 Å². The smallest absolute Gasteiger partial charge is 0.259 e. The van der Waals surface area contributed by atoms with Gasteiger partial charge in [0.05, 0.1) is 22.4 Å². The lowest BCUT2D eigenvalue weighted by atomic mass is 9.99. The van der Waals surface area contributed by atoms with Gasteiger partial charge in [0.1, 0.15) is 28.0 Å². The number of ether oxygens (including phenoxy) is 1. The van der Waals surface area contributed by atoms with Crippen molar-refractivity contribution in [2.75, 3.05) is 24.1 Å². The summed E-state index contributed by atoms with van der Waals surface area (Å²) in [5, 5.41) is 14.1. The summed E-state index contributed by atoms with van der Waals surface area (Å²) < 4.78 is 6.61. The van der Waals surface area contributed by atoms with E-state index in [2.05, 4.69) is 16.4 Å². The van der Waals surface area contributed by atoms with Crippen LogP contribution < -0.4 is 11.1 Å². The van der Waals surface area contributed by atoms with Crippen molar-refractivity contribution in [1.82, 2.24) is 9.88 Å². The number of anilines is 3. The van der Waals surface area contributed by atoms with Crippen LogP contribution in [0.25, 0.3) is 21.3 Å². The number of aryl methyl sites for hydroxylation is 1. The number of para-hydroxylation sites is 1. The molecule has 1 fully saturated rings. The third-order valence-corrected chi connectivity index (χ3v) is 7.45. The number of thiophene rings is 1. The molecule has 2 atom stereocenters. The van der Waals surface area contributed by atoms with Gasteiger partial charge in [-0.15, -0.1) is 11.3 Å². The highest BCUT2D eigenvalue weighted by Gasteiger charge is 2.32. The molecular formula is C28H27N5O2S. The summed E-state index contributed by atoms with van der Waals surface area (Å²) in [6.45, 7) is 6.93. The average molecular weight is 498 g/mol. The molecule has 0 bridgehead atoms. The van der Waals surface area contributed by atoms with Crippen LogP contribution >= 0.6 is 11.3 Å². The monoisotopic (exact) mass is 497 g/mol. The maximum atomic E-state index is 14.1. The number of carbonyl (C=O) groups excluding carboxylic acids is 1. The van der Waals surface area contributed by atoms with Crippen molar-refractivity contribution in [3.63, 3.8) is 0 Å². The number of amides is 1. The van der Waals surface area contributed by atoms with Gasteiger partial charge in [0, 0.05) is 24.3 Å². The lowest BCUT2D eigenvalue weighted by Gasteiger charge is -2.35. The summed E-state index contributed by atoms with van der Waals surface area (Å²) in [7, 11) is 0. The zero-order valence-corrected chi connectivity index (χ0v) is 21.2. The zero-order chi connectivity index (χ0) is 25.4. The van der Waals surface area contributed by atoms with Crippen molar-refractivity contribution < 1.29 is 9.53 Å². The van der Waals surface area contributed by atoms with E-state index in [4.69, 9.17) is 10.5 Å². The molecule has 8 heteroatoms. The molecule has 182 valence electrons. The Morgan fingerprint density at radius 3 is 2.47 bits per heavy atom. The Labute approximate surface area is 214 Å². The predicted octanol–water partition coefficient (Wildman–Crippen LogP) is 5.72. The third-order valence-electron chi connectivity index (χ3n) is 6.34. The number of benzene rings is 2. The van der Waals surface area contributed by atoms with E-state index in [1.807, 2.05) is 80.3 Å². The molecule has 0 radical (unpaired) electrons. The summed E-state index contributed by atoms with van der Waals surface area (Å²) in [4.78, 5) is 20.5. The lowest BCUT2D eigenvalue weighted by Crippen LogP contribution is -2.48. The Hall–Kier alpha value is -3.93. The molecule has 2 aromatic heterocycles. The lowest BCUT2D eigenvalue weighted by molar-refractivity contribution is -0.0585. The van der Waals surface area contributed by atoms with Crippen LogP contribution in [0.4, 0.5) is 16.5 Å². The molecular weight excluding hydrogens is 470 g/mol. The van der Waals surface area contributed by atoms with Gasteiger partial charge in [0.15, 0.2) is 0 Å². The molecule has 7 nitrogen and oxygen atoms in total. The fraction of sp³-hybridized carbons (Fsp3) is 0.250. The van der Waals surface area contributed by atoms with Gasteiger partial charge in [-0.05, 0) is 38.0 Å². The standard InChI is InChI=1S/C28H27N5O2S/c1-16-9-7-8-12-21(16)31-27-23(28(34)33-14-17(2)35-18(3)15-33)24-25(36-27)22(19-10-5-4-6-11-19)20(13-29)26(30)32-24/h4-12,17-18,31H,14-15H2,1-3H3,(H2,30,32). The van der Waals surface area contributed by atoms with Gasteiger partial charge in [-0.3, -0.25) is 4.79 Å². The van der Waals surface area contributed by atoms with Crippen LogP contribution in [0.2, 0.25) is 0 Å². The highest BCUT2D eigenvalue weighted by atomic mass is 32.1. The molecule has 5 rings (SSSR count). The van der Waals surface area contributed by atoms with Gasteiger partial charge >= 0.3 is 0 Å². The number of hydrogen-bond donors (Lipinski definition) is 2. The first-order chi connectivity index (χ1) is 17.4. The largest absolute Gasteiger partial charge is 0.383 e. The molecule has 0 saturated carbocycles. The molecule has 2 unspecified atom stereocenters. The van der Waals surface area contributed by atoms with Crippen LogP contribution in [0.5, 0.6) is 0 Å². The number of nitrogens with zero attached hydrogens (tertiary/aromatic N) is 3. The number of nitrogens with two attached hydrogens (primary N) is 1. The van der Waals surface area contributed by atoms with Gasteiger partial charge in [-0.1, -0.05) is 48.5 Å². The van der Waals surface area contributed by atoms with Crippen molar-refractivity contribution >= 4 is 44.0 Å². The van der Waals surface area contributed by atoms with Crippen molar-refractivity contribution in [1.29, 1.82) is 5.26 Å². The van der Waals surface area contributed by atoms with Crippen LogP contribution in [0.3, 0.4) is 0 Å². The van der Waals surface area contributed by atoms with Crippen LogP contribution in [-0.4, -0.2) is 41.1 Å². The van der Waals surface area contributed by atoms with E-state index in [-0.39, 0.29) is 23.9 Å². The normalized spacial score (nSPS) is 17.7. The van der Waals surface area contributed by atoms with Gasteiger partial charge in [-0.25, -0.2) is 4.98 Å². The summed E-state index contributed by atoms with van der Waals surface area (Å²) in [5.41, 5.74) is 11.1. The van der Waals surface area contributed by atoms with Gasteiger partial charge in [0.2, 0.25) is 0 Å². The SMILES string of the molecule is Cc1ccccc1Nc1sc2c(-c3ccccc3)c(C#N)c(N)nc2c1C(=O)N1CC(C)OC(C)C1. The van der Waals surface area contributed by atoms with E-state index in [1.165, 1.54) is 11.3 Å². The van der Waals surface area contributed by atoms with Crippen molar-refractivity contribution in [2.24, 2.45) is 0 Å². The predicted molar refractivity (Wildman–Crippen MR) is 145 cm³/mol. The Morgan fingerprint density at radius 2 is 1.81 bits per heavy atom. The second-order valence-corrected chi connectivity index (χ2v) is 10.1. The maximum absolute atomic E-state index is 14.1.